The predicted octanol–water partition coefficient (Wildman–Crippen LogP) is 12.8. The van der Waals surface area contributed by atoms with Gasteiger partial charge in [-0.3, -0.25) is 19.2 Å². The first kappa shape index (κ1) is 65.1. The molecule has 0 saturated heterocycles. The normalized spacial score (nSPS) is 14.5. The minimum atomic E-state index is -8.04. The van der Waals surface area contributed by atoms with Gasteiger partial charge in [0.1, 0.15) is 13.2 Å². The number of hydrogen-bond acceptors (Lipinski definition) is 7. The van der Waals surface area contributed by atoms with Gasteiger partial charge in [-0.2, -0.15) is 114 Å². The van der Waals surface area contributed by atoms with Crippen molar-refractivity contribution in [1.82, 2.24) is 0 Å². The van der Waals surface area contributed by atoms with E-state index in [9.17, 15) is 133 Å². The van der Waals surface area contributed by atoms with E-state index in [1.807, 2.05) is 0 Å². The second kappa shape index (κ2) is 23.5. The third-order valence-corrected chi connectivity index (χ3v) is 9.44. The van der Waals surface area contributed by atoms with Crippen LogP contribution >= 0.6 is 0 Å². The van der Waals surface area contributed by atoms with Crippen molar-refractivity contribution in [2.24, 2.45) is 0 Å². The number of carbonyl (C=O) groups excluding carboxylic acids is 3. The predicted molar refractivity (Wildman–Crippen MR) is 175 cm³/mol. The van der Waals surface area contributed by atoms with Crippen molar-refractivity contribution in [3.05, 3.63) is 0 Å². The number of hydrogen-bond donors (Lipinski definition) is 1. The standard InChI is InChI=1S/C35H38F26O8/c36-24(37,26(40,41)28(44,45)30(48,49)32(52,53)34(56,57)58)15-9-5-1-3-7-11-21(64)67-17-19(69-23(66)14-13-20(62)63)18-68-22(65)12-8-4-2-6-10-16-25(38,39)27(42,43)29(46,47)31(50,51)33(54,55)35(59,60)61/h19H,1-18H2,(H,62,63). The number of carboxylic acids is 1. The van der Waals surface area contributed by atoms with Crippen molar-refractivity contribution in [3.63, 3.8) is 0 Å². The number of carboxylic acid groups (broad SMARTS) is 1. The molecule has 0 aliphatic carbocycles. The van der Waals surface area contributed by atoms with Crippen molar-refractivity contribution in [1.29, 1.82) is 0 Å². The van der Waals surface area contributed by atoms with E-state index in [0.29, 0.717) is 0 Å². The molecule has 0 atom stereocenters. The highest BCUT2D eigenvalue weighted by Gasteiger charge is 2.92. The zero-order chi connectivity index (χ0) is 54.7. The molecule has 0 radical (unpaired) electrons. The molecule has 1 N–H and O–H groups in total. The second-order valence-corrected chi connectivity index (χ2v) is 14.9. The SMILES string of the molecule is O=C(O)CCC(=O)OC(COC(=O)CCCCCCCC(F)(F)C(F)(F)C(F)(F)C(F)(F)C(F)(F)C(F)(F)F)COC(=O)CCCCCCCC(F)(F)C(F)(F)C(F)(F)C(F)(F)C(F)(F)C(F)(F)F. The fourth-order valence-electron chi connectivity index (χ4n) is 5.30. The first-order chi connectivity index (χ1) is 30.7. The molecule has 0 aromatic carbocycles. The van der Waals surface area contributed by atoms with Gasteiger partial charge < -0.3 is 19.3 Å². The quantitative estimate of drug-likeness (QED) is 0.0306. The van der Waals surface area contributed by atoms with Gasteiger partial charge in [0.15, 0.2) is 6.10 Å². The van der Waals surface area contributed by atoms with Crippen LogP contribution in [0.4, 0.5) is 114 Å². The molecule has 0 fully saturated rings. The summed E-state index contributed by atoms with van der Waals surface area (Å²) in [5, 5.41) is 8.70. The van der Waals surface area contributed by atoms with Crippen LogP contribution in [-0.4, -0.2) is 120 Å². The van der Waals surface area contributed by atoms with Crippen LogP contribution in [-0.2, 0) is 33.4 Å². The van der Waals surface area contributed by atoms with Crippen LogP contribution in [0.5, 0.6) is 0 Å². The summed E-state index contributed by atoms with van der Waals surface area (Å²) < 4.78 is 358. The lowest BCUT2D eigenvalue weighted by molar-refractivity contribution is -0.440. The summed E-state index contributed by atoms with van der Waals surface area (Å²) in [7, 11) is 0. The van der Waals surface area contributed by atoms with E-state index in [1.165, 1.54) is 0 Å². The Kier molecular flexibility index (Phi) is 22.2. The molecule has 0 bridgehead atoms. The largest absolute Gasteiger partial charge is 0.481 e. The summed E-state index contributed by atoms with van der Waals surface area (Å²) >= 11 is 0. The highest BCUT2D eigenvalue weighted by atomic mass is 19.4. The maximum absolute atomic E-state index is 13.9. The summed E-state index contributed by atoms with van der Waals surface area (Å²) in [6.45, 7) is -1.85. The summed E-state index contributed by atoms with van der Waals surface area (Å²) in [6, 6.07) is 0. The number of carbonyl (C=O) groups is 4. The van der Waals surface area contributed by atoms with Gasteiger partial charge in [-0.15, -0.1) is 0 Å². The highest BCUT2D eigenvalue weighted by molar-refractivity contribution is 5.76. The molecule has 0 aromatic rings. The van der Waals surface area contributed by atoms with Crippen molar-refractivity contribution in [2.75, 3.05) is 13.2 Å². The van der Waals surface area contributed by atoms with Crippen LogP contribution in [0.15, 0.2) is 0 Å². The van der Waals surface area contributed by atoms with Gasteiger partial charge in [0, 0.05) is 25.7 Å². The molecular weight excluding hydrogens is 1040 g/mol. The van der Waals surface area contributed by atoms with E-state index in [-0.39, 0.29) is 38.5 Å². The molecular formula is C35H38F26O8. The summed E-state index contributed by atoms with van der Waals surface area (Å²) in [5.41, 5.74) is 0. The number of aliphatic carboxylic acids is 1. The summed E-state index contributed by atoms with van der Waals surface area (Å²) in [4.78, 5) is 47.0. The topological polar surface area (TPSA) is 116 Å². The van der Waals surface area contributed by atoms with Crippen molar-refractivity contribution < 1.29 is 153 Å². The number of alkyl halides is 26. The van der Waals surface area contributed by atoms with E-state index in [1.54, 1.807) is 0 Å². The smallest absolute Gasteiger partial charge is 0.460 e. The van der Waals surface area contributed by atoms with Crippen molar-refractivity contribution in [3.8, 4) is 0 Å². The Bertz CT molecular complexity index is 1570. The Balaban J connectivity index is 5.08. The second-order valence-electron chi connectivity index (χ2n) is 14.9. The number of rotatable bonds is 32. The van der Waals surface area contributed by atoms with Gasteiger partial charge in [-0.05, 0) is 25.7 Å². The monoisotopic (exact) mass is 1080 g/mol. The van der Waals surface area contributed by atoms with Crippen molar-refractivity contribution >= 4 is 23.9 Å². The molecule has 0 aliphatic heterocycles. The number of unbranched alkanes of at least 4 members (excludes halogenated alkanes) is 8. The third kappa shape index (κ3) is 15.3. The van der Waals surface area contributed by atoms with Crippen molar-refractivity contribution in [2.45, 2.75) is 180 Å². The maximum atomic E-state index is 13.9. The van der Waals surface area contributed by atoms with E-state index < -0.39 is 179 Å². The Morgan fingerprint density at radius 1 is 0.333 bits per heavy atom. The molecule has 0 amide bonds. The molecule has 69 heavy (non-hydrogen) atoms. The van der Waals surface area contributed by atoms with Gasteiger partial charge in [-0.1, -0.05) is 38.5 Å². The fourth-order valence-corrected chi connectivity index (χ4v) is 5.30. The Morgan fingerprint density at radius 2 is 0.609 bits per heavy atom. The van der Waals surface area contributed by atoms with E-state index in [0.717, 1.165) is 0 Å². The fraction of sp³-hybridized carbons (Fsp3) is 0.886. The number of halogens is 26. The third-order valence-electron chi connectivity index (χ3n) is 9.44. The summed E-state index contributed by atoms with van der Waals surface area (Å²) in [6.07, 6.45) is -29.5. The molecule has 0 unspecified atom stereocenters. The first-order valence-corrected chi connectivity index (χ1v) is 19.3. The molecule has 0 saturated carbocycles. The van der Waals surface area contributed by atoms with Crippen LogP contribution in [0.2, 0.25) is 0 Å². The lowest BCUT2D eigenvalue weighted by Crippen LogP contribution is -2.70. The number of esters is 3. The molecule has 0 aromatic heterocycles. The molecule has 0 aliphatic rings. The van der Waals surface area contributed by atoms with Crippen LogP contribution in [0.25, 0.3) is 0 Å². The lowest BCUT2D eigenvalue weighted by atomic mass is 9.91. The van der Waals surface area contributed by atoms with Crippen LogP contribution in [0, 0.1) is 0 Å². The van der Waals surface area contributed by atoms with Gasteiger partial charge in [0.05, 0.1) is 12.8 Å². The van der Waals surface area contributed by atoms with Gasteiger partial charge >= 0.3 is 95.5 Å². The molecule has 8 nitrogen and oxygen atoms in total. The van der Waals surface area contributed by atoms with E-state index in [2.05, 4.69) is 0 Å². The van der Waals surface area contributed by atoms with Gasteiger partial charge in [0.25, 0.3) is 0 Å². The molecule has 0 heterocycles. The molecule has 408 valence electrons. The molecule has 0 rings (SSSR count). The lowest BCUT2D eigenvalue weighted by Gasteiger charge is -2.39. The Morgan fingerprint density at radius 3 is 0.899 bits per heavy atom. The molecule has 0 spiro atoms. The zero-order valence-electron chi connectivity index (χ0n) is 34.4. The highest BCUT2D eigenvalue weighted by Crippen LogP contribution is 2.62. The van der Waals surface area contributed by atoms with Gasteiger partial charge in [-0.25, -0.2) is 0 Å². The van der Waals surface area contributed by atoms with Gasteiger partial charge in [0.2, 0.25) is 0 Å². The van der Waals surface area contributed by atoms with E-state index in [4.69, 9.17) is 19.3 Å². The maximum Gasteiger partial charge on any atom is 0.460 e. The average Bonchev–Trinajstić information content (AvgIpc) is 3.18. The van der Waals surface area contributed by atoms with Crippen LogP contribution in [0.1, 0.15) is 103 Å². The van der Waals surface area contributed by atoms with Crippen LogP contribution in [0.3, 0.4) is 0 Å². The first-order valence-electron chi connectivity index (χ1n) is 19.3. The molecule has 34 heteroatoms. The Hall–Kier alpha value is -3.94. The minimum absolute atomic E-state index is 0.185. The zero-order valence-corrected chi connectivity index (χ0v) is 34.4. The van der Waals surface area contributed by atoms with Crippen LogP contribution < -0.4 is 0 Å². The summed E-state index contributed by atoms with van der Waals surface area (Å²) in [5.74, 6) is -80.1. The average molecular weight is 1080 g/mol. The Labute approximate surface area is 370 Å². The van der Waals surface area contributed by atoms with E-state index >= 15 is 0 Å². The number of ether oxygens (including phenoxy) is 3. The minimum Gasteiger partial charge on any atom is -0.481 e.